The van der Waals surface area contributed by atoms with Crippen molar-refractivity contribution in [1.29, 1.82) is 0 Å². The zero-order chi connectivity index (χ0) is 9.26. The highest BCUT2D eigenvalue weighted by molar-refractivity contribution is 5.47. The first-order valence-electron chi connectivity index (χ1n) is 4.65. The zero-order valence-corrected chi connectivity index (χ0v) is 8.16. The third-order valence-electron chi connectivity index (χ3n) is 2.32. The summed E-state index contributed by atoms with van der Waals surface area (Å²) in [6, 6.07) is 8.54. The van der Waals surface area contributed by atoms with Crippen molar-refractivity contribution in [3.8, 4) is 0 Å². The Balaban J connectivity index is 2.04. The van der Waals surface area contributed by atoms with Crippen molar-refractivity contribution in [2.24, 2.45) is 0 Å². The molecule has 0 aliphatic carbocycles. The summed E-state index contributed by atoms with van der Waals surface area (Å²) >= 11 is 0. The first kappa shape index (κ1) is 8.57. The lowest BCUT2D eigenvalue weighted by atomic mass is 10.2. The van der Waals surface area contributed by atoms with E-state index < -0.39 is 0 Å². The lowest BCUT2D eigenvalue weighted by Gasteiger charge is -2.18. The molecule has 1 aromatic rings. The number of rotatable bonds is 3. The minimum atomic E-state index is 0.463. The van der Waals surface area contributed by atoms with Crippen LogP contribution in [0.25, 0.3) is 0 Å². The van der Waals surface area contributed by atoms with Gasteiger partial charge >= 0.3 is 0 Å². The van der Waals surface area contributed by atoms with Gasteiger partial charge in [0.15, 0.2) is 0 Å². The molecule has 0 spiro atoms. The number of anilines is 1. The number of benzene rings is 1. The van der Waals surface area contributed by atoms with Gasteiger partial charge in [-0.1, -0.05) is 12.1 Å². The molecule has 1 heterocycles. The molecule has 0 aromatic heterocycles. The van der Waals surface area contributed by atoms with E-state index in [1.54, 1.807) is 0 Å². The van der Waals surface area contributed by atoms with E-state index >= 15 is 0 Å². The van der Waals surface area contributed by atoms with Crippen LogP contribution < -0.4 is 4.90 Å². The molecule has 0 amide bonds. The topological polar surface area (TPSA) is 15.8 Å². The molecule has 1 aliphatic rings. The van der Waals surface area contributed by atoms with Gasteiger partial charge in [-0.3, -0.25) is 0 Å². The Morgan fingerprint density at radius 2 is 2.31 bits per heavy atom. The number of ether oxygens (including phenoxy) is 1. The Hall–Kier alpha value is -1.02. The average Bonchev–Trinajstić information content (AvgIpc) is 2.88. The lowest BCUT2D eigenvalue weighted by Crippen LogP contribution is -2.22. The van der Waals surface area contributed by atoms with Gasteiger partial charge in [-0.2, -0.15) is 0 Å². The quantitative estimate of drug-likeness (QED) is 0.655. The van der Waals surface area contributed by atoms with Crippen LogP contribution in [-0.2, 0) is 4.74 Å². The van der Waals surface area contributed by atoms with Crippen LogP contribution >= 0.6 is 0 Å². The lowest BCUT2D eigenvalue weighted by molar-refractivity contribution is 0.410. The number of hydrogen-bond donors (Lipinski definition) is 0. The maximum absolute atomic E-state index is 5.19. The van der Waals surface area contributed by atoms with Gasteiger partial charge in [-0.25, -0.2) is 0 Å². The molecular formula is C11H15NO. The van der Waals surface area contributed by atoms with Crippen LogP contribution in [0.5, 0.6) is 0 Å². The number of aryl methyl sites for hydroxylation is 1. The van der Waals surface area contributed by atoms with Crippen molar-refractivity contribution >= 4 is 5.69 Å². The summed E-state index contributed by atoms with van der Waals surface area (Å²) in [5, 5.41) is 0. The molecule has 1 saturated heterocycles. The van der Waals surface area contributed by atoms with Crippen molar-refractivity contribution in [3.63, 3.8) is 0 Å². The molecule has 1 fully saturated rings. The van der Waals surface area contributed by atoms with Crippen LogP contribution in [0.1, 0.15) is 5.56 Å². The summed E-state index contributed by atoms with van der Waals surface area (Å²) in [5.41, 5.74) is 2.58. The molecule has 0 radical (unpaired) electrons. The summed E-state index contributed by atoms with van der Waals surface area (Å²) in [7, 11) is 2.11. The van der Waals surface area contributed by atoms with Crippen LogP contribution in [0.2, 0.25) is 0 Å². The predicted octanol–water partition coefficient (Wildman–Crippen LogP) is 1.83. The molecule has 0 saturated carbocycles. The van der Waals surface area contributed by atoms with E-state index in [9.17, 15) is 0 Å². The molecule has 1 unspecified atom stereocenters. The first-order chi connectivity index (χ1) is 6.25. The fraction of sp³-hybridized carbons (Fsp3) is 0.455. The maximum Gasteiger partial charge on any atom is 0.0984 e. The highest BCUT2D eigenvalue weighted by atomic mass is 16.6. The summed E-state index contributed by atoms with van der Waals surface area (Å²) in [5.74, 6) is 0. The van der Waals surface area contributed by atoms with Crippen LogP contribution in [0.15, 0.2) is 24.3 Å². The summed E-state index contributed by atoms with van der Waals surface area (Å²) < 4.78 is 5.19. The minimum Gasteiger partial charge on any atom is -0.372 e. The average molecular weight is 177 g/mol. The highest BCUT2D eigenvalue weighted by Gasteiger charge is 2.23. The molecule has 0 N–H and O–H groups in total. The highest BCUT2D eigenvalue weighted by Crippen LogP contribution is 2.18. The second-order valence-electron chi connectivity index (χ2n) is 3.67. The van der Waals surface area contributed by atoms with Crippen molar-refractivity contribution < 1.29 is 4.74 Å². The van der Waals surface area contributed by atoms with Crippen molar-refractivity contribution in [3.05, 3.63) is 29.8 Å². The van der Waals surface area contributed by atoms with Crippen molar-refractivity contribution in [2.75, 3.05) is 25.1 Å². The third-order valence-corrected chi connectivity index (χ3v) is 2.32. The summed E-state index contributed by atoms with van der Waals surface area (Å²) in [6.45, 7) is 4.05. The van der Waals surface area contributed by atoms with Gasteiger partial charge in [-0.15, -0.1) is 0 Å². The largest absolute Gasteiger partial charge is 0.372 e. The normalized spacial score (nSPS) is 20.0. The van der Waals surface area contributed by atoms with Gasteiger partial charge in [0.05, 0.1) is 12.7 Å². The van der Waals surface area contributed by atoms with E-state index in [1.165, 1.54) is 11.3 Å². The molecule has 2 heteroatoms. The Labute approximate surface area is 79.1 Å². The maximum atomic E-state index is 5.19. The fourth-order valence-corrected chi connectivity index (χ4v) is 1.45. The predicted molar refractivity (Wildman–Crippen MR) is 54.2 cm³/mol. The molecule has 13 heavy (non-hydrogen) atoms. The minimum absolute atomic E-state index is 0.463. The van der Waals surface area contributed by atoms with E-state index in [0.717, 1.165) is 13.2 Å². The molecule has 2 nitrogen and oxygen atoms in total. The molecule has 0 bridgehead atoms. The molecule has 70 valence electrons. The second kappa shape index (κ2) is 3.38. The zero-order valence-electron chi connectivity index (χ0n) is 8.16. The van der Waals surface area contributed by atoms with Crippen LogP contribution in [0.3, 0.4) is 0 Å². The Bertz CT molecular complexity index is 294. The summed E-state index contributed by atoms with van der Waals surface area (Å²) in [6.07, 6.45) is 0.463. The van der Waals surface area contributed by atoms with Gasteiger partial charge in [0, 0.05) is 19.3 Å². The second-order valence-corrected chi connectivity index (χ2v) is 3.67. The van der Waals surface area contributed by atoms with Crippen molar-refractivity contribution in [1.82, 2.24) is 0 Å². The van der Waals surface area contributed by atoms with Gasteiger partial charge in [-0.05, 0) is 24.6 Å². The van der Waals surface area contributed by atoms with Crippen molar-refractivity contribution in [2.45, 2.75) is 13.0 Å². The van der Waals surface area contributed by atoms with E-state index in [4.69, 9.17) is 4.74 Å². The van der Waals surface area contributed by atoms with E-state index in [1.807, 2.05) is 0 Å². The van der Waals surface area contributed by atoms with E-state index in [0.29, 0.717) is 6.10 Å². The van der Waals surface area contributed by atoms with Crippen LogP contribution in [-0.4, -0.2) is 26.3 Å². The molecule has 1 aliphatic heterocycles. The van der Waals surface area contributed by atoms with E-state index in [2.05, 4.69) is 43.1 Å². The number of epoxide rings is 1. The monoisotopic (exact) mass is 177 g/mol. The van der Waals surface area contributed by atoms with Gasteiger partial charge < -0.3 is 9.64 Å². The molecule has 1 atom stereocenters. The van der Waals surface area contributed by atoms with Crippen LogP contribution in [0, 0.1) is 6.92 Å². The molecule has 2 rings (SSSR count). The van der Waals surface area contributed by atoms with Gasteiger partial charge in [0.1, 0.15) is 0 Å². The number of likely N-dealkylation sites (N-methyl/N-ethyl adjacent to an activating group) is 1. The number of hydrogen-bond acceptors (Lipinski definition) is 2. The molecular weight excluding hydrogens is 162 g/mol. The van der Waals surface area contributed by atoms with Crippen LogP contribution in [0.4, 0.5) is 5.69 Å². The fourth-order valence-electron chi connectivity index (χ4n) is 1.45. The number of nitrogens with zero attached hydrogens (tertiary/aromatic N) is 1. The Morgan fingerprint density at radius 1 is 1.54 bits per heavy atom. The van der Waals surface area contributed by atoms with Gasteiger partial charge in [0.2, 0.25) is 0 Å². The Morgan fingerprint density at radius 3 is 2.92 bits per heavy atom. The Kier molecular flexibility index (Phi) is 2.23. The standard InChI is InChI=1S/C11H15NO/c1-9-4-3-5-10(6-9)12(2)7-11-8-13-11/h3-6,11H,7-8H2,1-2H3. The first-order valence-corrected chi connectivity index (χ1v) is 4.65. The SMILES string of the molecule is Cc1cccc(N(C)CC2CO2)c1. The smallest absolute Gasteiger partial charge is 0.0984 e. The van der Waals surface area contributed by atoms with Gasteiger partial charge in [0.25, 0.3) is 0 Å². The van der Waals surface area contributed by atoms with E-state index in [-0.39, 0.29) is 0 Å². The molecule has 1 aromatic carbocycles. The summed E-state index contributed by atoms with van der Waals surface area (Å²) in [4.78, 5) is 2.24. The third kappa shape index (κ3) is 2.22.